The van der Waals surface area contributed by atoms with Crippen LogP contribution in [0.3, 0.4) is 0 Å². The summed E-state index contributed by atoms with van der Waals surface area (Å²) < 4.78 is 5.31. The quantitative estimate of drug-likeness (QED) is 0.328. The van der Waals surface area contributed by atoms with Gasteiger partial charge < -0.3 is 4.74 Å². The van der Waals surface area contributed by atoms with E-state index in [0.29, 0.717) is 5.56 Å². The zero-order valence-corrected chi connectivity index (χ0v) is 12.2. The minimum Gasteiger partial charge on any atom is -0.426 e. The van der Waals surface area contributed by atoms with Gasteiger partial charge in [0, 0.05) is 12.1 Å². The Morgan fingerprint density at radius 3 is 2.42 bits per heavy atom. The van der Waals surface area contributed by atoms with Crippen molar-refractivity contribution in [1.82, 2.24) is 20.6 Å². The van der Waals surface area contributed by atoms with Crippen LogP contribution in [0.15, 0.2) is 54.6 Å². The number of nitro benzene ring substituents is 1. The molecule has 0 aliphatic carbocycles. The summed E-state index contributed by atoms with van der Waals surface area (Å²) in [6, 6.07) is 14.1. The molecule has 2 aromatic carbocycles. The van der Waals surface area contributed by atoms with Gasteiger partial charge in [0.05, 0.1) is 4.92 Å². The Morgan fingerprint density at radius 2 is 1.83 bits per heavy atom. The second-order valence-corrected chi connectivity index (χ2v) is 4.79. The zero-order chi connectivity index (χ0) is 16.9. The number of carbonyl (C=O) groups is 1. The number of benzene rings is 2. The Balaban J connectivity index is 1.85. The lowest BCUT2D eigenvalue weighted by Crippen LogP contribution is -2.21. The van der Waals surface area contributed by atoms with Gasteiger partial charge in [-0.1, -0.05) is 35.5 Å². The molecule has 0 amide bonds. The number of nitrogens with one attached hydrogen (secondary N) is 1. The van der Waals surface area contributed by atoms with Gasteiger partial charge in [-0.05, 0) is 17.7 Å². The van der Waals surface area contributed by atoms with E-state index in [1.165, 1.54) is 24.3 Å². The van der Waals surface area contributed by atoms with Crippen molar-refractivity contribution in [3.05, 3.63) is 76.1 Å². The van der Waals surface area contributed by atoms with Crippen molar-refractivity contribution in [2.75, 3.05) is 0 Å². The highest BCUT2D eigenvalue weighted by molar-refractivity contribution is 5.83. The molecule has 3 rings (SSSR count). The number of non-ortho nitro benzene ring substituents is 1. The third-order valence-electron chi connectivity index (χ3n) is 3.25. The summed E-state index contributed by atoms with van der Waals surface area (Å²) in [7, 11) is 0. The summed E-state index contributed by atoms with van der Waals surface area (Å²) in [5.74, 6) is -1.11. The van der Waals surface area contributed by atoms with Crippen LogP contribution in [0, 0.1) is 10.1 Å². The maximum absolute atomic E-state index is 12.6. The van der Waals surface area contributed by atoms with Crippen LogP contribution in [0.1, 0.15) is 17.3 Å². The first-order valence-electron chi connectivity index (χ1n) is 6.89. The van der Waals surface area contributed by atoms with Gasteiger partial charge in [-0.15, -0.1) is 10.2 Å². The van der Waals surface area contributed by atoms with Crippen molar-refractivity contribution in [2.24, 2.45) is 0 Å². The molecule has 1 N–H and O–H groups in total. The van der Waals surface area contributed by atoms with Crippen molar-refractivity contribution in [1.29, 1.82) is 0 Å². The lowest BCUT2D eigenvalue weighted by atomic mass is 9.99. The third-order valence-corrected chi connectivity index (χ3v) is 3.25. The fourth-order valence-corrected chi connectivity index (χ4v) is 2.14. The molecule has 1 heterocycles. The molecule has 0 fully saturated rings. The standard InChI is InChI=1S/C15H11N5O4/c21-15(24-12-8-6-11(7-9-12)20(22)23)13(14-16-18-19-17-14)10-4-2-1-3-5-10/h1-9,13H,(H,16,17,18,19)/t13-/m1/s1. The van der Waals surface area contributed by atoms with Crippen molar-refractivity contribution < 1.29 is 14.5 Å². The molecule has 0 unspecified atom stereocenters. The minimum atomic E-state index is -0.861. The molecule has 24 heavy (non-hydrogen) atoms. The highest BCUT2D eigenvalue weighted by atomic mass is 16.6. The van der Waals surface area contributed by atoms with E-state index in [2.05, 4.69) is 20.6 Å². The highest BCUT2D eigenvalue weighted by Crippen LogP contribution is 2.25. The summed E-state index contributed by atoms with van der Waals surface area (Å²) in [4.78, 5) is 22.7. The third kappa shape index (κ3) is 3.24. The molecule has 9 heteroatoms. The molecule has 0 spiro atoms. The van der Waals surface area contributed by atoms with E-state index >= 15 is 0 Å². The van der Waals surface area contributed by atoms with Gasteiger partial charge in [-0.3, -0.25) is 14.9 Å². The van der Waals surface area contributed by atoms with Crippen LogP contribution in [0.5, 0.6) is 5.75 Å². The van der Waals surface area contributed by atoms with Crippen LogP contribution in [-0.2, 0) is 4.79 Å². The lowest BCUT2D eigenvalue weighted by Gasteiger charge is -2.12. The van der Waals surface area contributed by atoms with E-state index in [1.54, 1.807) is 24.3 Å². The number of aromatic amines is 1. The number of nitrogens with zero attached hydrogens (tertiary/aromatic N) is 4. The van der Waals surface area contributed by atoms with E-state index in [9.17, 15) is 14.9 Å². The Bertz CT molecular complexity index is 834. The maximum atomic E-state index is 12.6. The van der Waals surface area contributed by atoms with Gasteiger partial charge in [0.25, 0.3) is 5.69 Å². The number of tetrazole rings is 1. The van der Waals surface area contributed by atoms with Crippen LogP contribution in [-0.4, -0.2) is 31.5 Å². The first kappa shape index (κ1) is 15.3. The summed E-state index contributed by atoms with van der Waals surface area (Å²) in [6.07, 6.45) is 0. The van der Waals surface area contributed by atoms with E-state index in [0.717, 1.165) is 0 Å². The van der Waals surface area contributed by atoms with Crippen molar-refractivity contribution in [3.8, 4) is 5.75 Å². The van der Waals surface area contributed by atoms with Gasteiger partial charge in [0.1, 0.15) is 11.7 Å². The summed E-state index contributed by atoms with van der Waals surface area (Å²) in [5, 5.41) is 24.1. The van der Waals surface area contributed by atoms with Crippen LogP contribution in [0.4, 0.5) is 5.69 Å². The monoisotopic (exact) mass is 325 g/mol. The number of nitro groups is 1. The molecule has 0 aliphatic rings. The number of ether oxygens (including phenoxy) is 1. The Labute approximate surface area is 135 Å². The van der Waals surface area contributed by atoms with Gasteiger partial charge >= 0.3 is 5.97 Å². The van der Waals surface area contributed by atoms with Crippen molar-refractivity contribution >= 4 is 11.7 Å². The molecule has 3 aromatic rings. The molecule has 120 valence electrons. The molecule has 0 bridgehead atoms. The summed E-state index contributed by atoms with van der Waals surface area (Å²) in [5.41, 5.74) is 0.554. The molecule has 0 saturated carbocycles. The average molecular weight is 325 g/mol. The minimum absolute atomic E-state index is 0.0902. The number of H-pyrrole nitrogens is 1. The normalized spacial score (nSPS) is 11.7. The second kappa shape index (κ2) is 6.65. The van der Waals surface area contributed by atoms with Gasteiger partial charge in [0.2, 0.25) is 0 Å². The molecule has 0 radical (unpaired) electrons. The second-order valence-electron chi connectivity index (χ2n) is 4.79. The smallest absolute Gasteiger partial charge is 0.326 e. The van der Waals surface area contributed by atoms with Crippen molar-refractivity contribution in [2.45, 2.75) is 5.92 Å². The molecular weight excluding hydrogens is 314 g/mol. The largest absolute Gasteiger partial charge is 0.426 e. The molecule has 1 atom stereocenters. The fraction of sp³-hybridized carbons (Fsp3) is 0.0667. The van der Waals surface area contributed by atoms with E-state index in [-0.39, 0.29) is 17.3 Å². The van der Waals surface area contributed by atoms with Gasteiger partial charge in [-0.2, -0.15) is 5.21 Å². The topological polar surface area (TPSA) is 124 Å². The summed E-state index contributed by atoms with van der Waals surface area (Å²) >= 11 is 0. The molecule has 1 aromatic heterocycles. The number of hydrogen-bond acceptors (Lipinski definition) is 7. The average Bonchev–Trinajstić information content (AvgIpc) is 3.10. The molecule has 9 nitrogen and oxygen atoms in total. The Kier molecular flexibility index (Phi) is 4.23. The van der Waals surface area contributed by atoms with E-state index in [1.807, 2.05) is 6.07 Å². The Morgan fingerprint density at radius 1 is 1.12 bits per heavy atom. The first-order valence-corrected chi connectivity index (χ1v) is 6.89. The van der Waals surface area contributed by atoms with E-state index in [4.69, 9.17) is 4.74 Å². The van der Waals surface area contributed by atoms with Crippen molar-refractivity contribution in [3.63, 3.8) is 0 Å². The van der Waals surface area contributed by atoms with E-state index < -0.39 is 16.8 Å². The van der Waals surface area contributed by atoms with Crippen LogP contribution < -0.4 is 4.74 Å². The van der Waals surface area contributed by atoms with Crippen LogP contribution in [0.25, 0.3) is 0 Å². The maximum Gasteiger partial charge on any atom is 0.326 e. The number of esters is 1. The number of carbonyl (C=O) groups excluding carboxylic acids is 1. The number of rotatable bonds is 5. The predicted octanol–water partition coefficient (Wildman–Crippen LogP) is 1.85. The fourth-order valence-electron chi connectivity index (χ4n) is 2.14. The number of aromatic nitrogens is 4. The predicted molar refractivity (Wildman–Crippen MR) is 81.2 cm³/mol. The van der Waals surface area contributed by atoms with Crippen LogP contribution in [0.2, 0.25) is 0 Å². The first-order chi connectivity index (χ1) is 11.6. The van der Waals surface area contributed by atoms with Crippen LogP contribution >= 0.6 is 0 Å². The summed E-state index contributed by atoms with van der Waals surface area (Å²) in [6.45, 7) is 0. The molecule has 0 aliphatic heterocycles. The molecule has 0 saturated heterocycles. The Hall–Kier alpha value is -3.62. The highest BCUT2D eigenvalue weighted by Gasteiger charge is 2.28. The lowest BCUT2D eigenvalue weighted by molar-refractivity contribution is -0.384. The molecular formula is C15H11N5O4. The number of hydrogen-bond donors (Lipinski definition) is 1. The van der Waals surface area contributed by atoms with Gasteiger partial charge in [0.15, 0.2) is 5.82 Å². The SMILES string of the molecule is O=C(Oc1ccc([N+](=O)[O-])cc1)[C@H](c1ccccc1)c1nn[nH]n1. The van der Waals surface area contributed by atoms with Gasteiger partial charge in [-0.25, -0.2) is 0 Å². The zero-order valence-electron chi connectivity index (χ0n) is 12.2.